The summed E-state index contributed by atoms with van der Waals surface area (Å²) in [4.78, 5) is 0. The predicted molar refractivity (Wildman–Crippen MR) is 137 cm³/mol. The molecule has 2 heteroatoms. The summed E-state index contributed by atoms with van der Waals surface area (Å²) in [5.41, 5.74) is 12.7. The molecule has 162 valence electrons. The number of nitrogens with zero attached hydrogens (tertiary/aromatic N) is 2. The first-order valence-corrected chi connectivity index (χ1v) is 12.1. The molecule has 0 spiro atoms. The third-order valence-electron chi connectivity index (χ3n) is 7.51. The molecular formula is C32H24N2. The van der Waals surface area contributed by atoms with Crippen molar-refractivity contribution in [2.24, 2.45) is 0 Å². The molecule has 0 saturated carbocycles. The van der Waals surface area contributed by atoms with Crippen molar-refractivity contribution in [1.82, 2.24) is 10.2 Å². The van der Waals surface area contributed by atoms with Gasteiger partial charge in [0.05, 0.1) is 11.4 Å². The maximum absolute atomic E-state index is 4.99. The van der Waals surface area contributed by atoms with E-state index in [-0.39, 0.29) is 11.8 Å². The van der Waals surface area contributed by atoms with Gasteiger partial charge < -0.3 is 0 Å². The largest absolute Gasteiger partial charge is 0.154 e. The summed E-state index contributed by atoms with van der Waals surface area (Å²) in [6, 6.07) is 39.3. The van der Waals surface area contributed by atoms with Crippen molar-refractivity contribution in [3.8, 4) is 22.3 Å². The highest BCUT2D eigenvalue weighted by Crippen LogP contribution is 2.51. The van der Waals surface area contributed by atoms with Crippen LogP contribution >= 0.6 is 0 Å². The second-order valence-corrected chi connectivity index (χ2v) is 9.37. The number of aromatic nitrogens is 2. The van der Waals surface area contributed by atoms with Crippen LogP contribution < -0.4 is 0 Å². The van der Waals surface area contributed by atoms with Crippen LogP contribution in [0.2, 0.25) is 0 Å². The van der Waals surface area contributed by atoms with Gasteiger partial charge in [-0.3, -0.25) is 0 Å². The lowest BCUT2D eigenvalue weighted by Gasteiger charge is -2.33. The van der Waals surface area contributed by atoms with Gasteiger partial charge in [0.2, 0.25) is 0 Å². The van der Waals surface area contributed by atoms with Gasteiger partial charge >= 0.3 is 0 Å². The molecule has 0 radical (unpaired) electrons. The van der Waals surface area contributed by atoms with Gasteiger partial charge in [-0.2, -0.15) is 10.2 Å². The van der Waals surface area contributed by atoms with Gasteiger partial charge in [-0.15, -0.1) is 0 Å². The lowest BCUT2D eigenvalue weighted by atomic mass is 9.71. The first-order chi connectivity index (χ1) is 16.9. The maximum Gasteiger partial charge on any atom is 0.0793 e. The standard InChI is InChI=1S/C32H24N2/c1-3-11-21(12-4-1)27-19-23-15-7-9-17-25(23)29-30-26-18-10-8-16-24(26)20-28(22-13-5-2-6-14-22)32(30)34-33-31(27)29/h1-18,27-28H,19-20H2. The fourth-order valence-corrected chi connectivity index (χ4v) is 5.94. The molecule has 2 aliphatic rings. The highest BCUT2D eigenvalue weighted by molar-refractivity contribution is 5.91. The Morgan fingerprint density at radius 1 is 0.441 bits per heavy atom. The number of fused-ring (bicyclic) bond motifs is 7. The van der Waals surface area contributed by atoms with Gasteiger partial charge in [-0.1, -0.05) is 109 Å². The minimum absolute atomic E-state index is 0.202. The van der Waals surface area contributed by atoms with Crippen LogP contribution in [0.5, 0.6) is 0 Å². The van der Waals surface area contributed by atoms with Crippen LogP contribution in [0.4, 0.5) is 0 Å². The molecule has 0 aliphatic heterocycles. The normalized spacial score (nSPS) is 17.8. The lowest BCUT2D eigenvalue weighted by Crippen LogP contribution is -2.22. The Morgan fingerprint density at radius 3 is 1.26 bits per heavy atom. The summed E-state index contributed by atoms with van der Waals surface area (Å²) < 4.78 is 0. The van der Waals surface area contributed by atoms with E-state index in [1.54, 1.807) is 0 Å². The minimum atomic E-state index is 0.202. The second-order valence-electron chi connectivity index (χ2n) is 9.37. The Morgan fingerprint density at radius 2 is 0.824 bits per heavy atom. The smallest absolute Gasteiger partial charge is 0.0793 e. The highest BCUT2D eigenvalue weighted by Gasteiger charge is 2.36. The van der Waals surface area contributed by atoms with Crippen LogP contribution in [-0.2, 0) is 12.8 Å². The molecule has 34 heavy (non-hydrogen) atoms. The van der Waals surface area contributed by atoms with E-state index in [1.807, 2.05) is 0 Å². The first-order valence-electron chi connectivity index (χ1n) is 12.1. The van der Waals surface area contributed by atoms with E-state index in [4.69, 9.17) is 10.2 Å². The van der Waals surface area contributed by atoms with Crippen molar-refractivity contribution < 1.29 is 0 Å². The fourth-order valence-electron chi connectivity index (χ4n) is 5.94. The van der Waals surface area contributed by atoms with E-state index in [0.29, 0.717) is 0 Å². The van der Waals surface area contributed by atoms with Gasteiger partial charge in [0.15, 0.2) is 0 Å². The van der Waals surface area contributed by atoms with Crippen LogP contribution in [0.25, 0.3) is 22.3 Å². The van der Waals surface area contributed by atoms with Gasteiger partial charge in [-0.25, -0.2) is 0 Å². The zero-order valence-electron chi connectivity index (χ0n) is 18.9. The molecule has 0 amide bonds. The molecule has 2 nitrogen and oxygen atoms in total. The Hall–Kier alpha value is -4.04. The maximum atomic E-state index is 4.99. The van der Waals surface area contributed by atoms with E-state index < -0.39 is 0 Å². The van der Waals surface area contributed by atoms with E-state index >= 15 is 0 Å². The van der Waals surface area contributed by atoms with Crippen molar-refractivity contribution in [3.05, 3.63) is 143 Å². The Balaban J connectivity index is 1.55. The van der Waals surface area contributed by atoms with Crippen molar-refractivity contribution in [2.75, 3.05) is 0 Å². The van der Waals surface area contributed by atoms with Crippen molar-refractivity contribution in [2.45, 2.75) is 24.7 Å². The van der Waals surface area contributed by atoms with Crippen LogP contribution in [0, 0.1) is 0 Å². The topological polar surface area (TPSA) is 25.8 Å². The monoisotopic (exact) mass is 436 g/mol. The molecule has 2 atom stereocenters. The summed E-state index contributed by atoms with van der Waals surface area (Å²) in [6.07, 6.45) is 1.90. The molecule has 0 N–H and O–H groups in total. The molecule has 1 heterocycles. The summed E-state index contributed by atoms with van der Waals surface area (Å²) in [5.74, 6) is 0.404. The van der Waals surface area contributed by atoms with E-state index in [2.05, 4.69) is 109 Å². The number of benzene rings is 4. The molecule has 4 aromatic carbocycles. The third kappa shape index (κ3) is 2.95. The Bertz CT molecular complexity index is 1390. The molecule has 0 saturated heterocycles. The van der Waals surface area contributed by atoms with E-state index in [1.165, 1.54) is 44.5 Å². The summed E-state index contributed by atoms with van der Waals surface area (Å²) in [6.45, 7) is 0. The average Bonchev–Trinajstić information content (AvgIpc) is 2.92. The van der Waals surface area contributed by atoms with Crippen molar-refractivity contribution >= 4 is 0 Å². The van der Waals surface area contributed by atoms with Gasteiger partial charge in [0.25, 0.3) is 0 Å². The van der Waals surface area contributed by atoms with Gasteiger partial charge in [0.1, 0.15) is 0 Å². The minimum Gasteiger partial charge on any atom is -0.154 e. The number of hydrogen-bond acceptors (Lipinski definition) is 2. The van der Waals surface area contributed by atoms with Crippen LogP contribution in [0.3, 0.4) is 0 Å². The quantitative estimate of drug-likeness (QED) is 0.293. The zero-order valence-corrected chi connectivity index (χ0v) is 18.9. The fraction of sp³-hybridized carbons (Fsp3) is 0.125. The number of rotatable bonds is 2. The third-order valence-corrected chi connectivity index (χ3v) is 7.51. The van der Waals surface area contributed by atoms with Crippen molar-refractivity contribution in [1.29, 1.82) is 0 Å². The molecular weight excluding hydrogens is 412 g/mol. The molecule has 2 aliphatic carbocycles. The Labute approximate surface area is 200 Å². The van der Waals surface area contributed by atoms with E-state index in [9.17, 15) is 0 Å². The zero-order chi connectivity index (χ0) is 22.5. The Kier molecular flexibility index (Phi) is 4.44. The van der Waals surface area contributed by atoms with Crippen LogP contribution in [0.1, 0.15) is 45.5 Å². The molecule has 0 fully saturated rings. The summed E-state index contributed by atoms with van der Waals surface area (Å²) >= 11 is 0. The number of hydrogen-bond donors (Lipinski definition) is 0. The molecule has 1 aromatic heterocycles. The lowest BCUT2D eigenvalue weighted by molar-refractivity contribution is 0.694. The van der Waals surface area contributed by atoms with E-state index in [0.717, 1.165) is 24.2 Å². The van der Waals surface area contributed by atoms with Crippen LogP contribution in [-0.4, -0.2) is 10.2 Å². The highest BCUT2D eigenvalue weighted by atomic mass is 15.1. The summed E-state index contributed by atoms with van der Waals surface area (Å²) in [5, 5.41) is 9.98. The van der Waals surface area contributed by atoms with Gasteiger partial charge in [-0.05, 0) is 46.2 Å². The van der Waals surface area contributed by atoms with Crippen molar-refractivity contribution in [3.63, 3.8) is 0 Å². The second kappa shape index (κ2) is 7.78. The summed E-state index contributed by atoms with van der Waals surface area (Å²) in [7, 11) is 0. The average molecular weight is 437 g/mol. The molecule has 0 bridgehead atoms. The van der Waals surface area contributed by atoms with Gasteiger partial charge in [0, 0.05) is 23.0 Å². The SMILES string of the molecule is c1ccc(C2Cc3ccccc3-c3c2nnc2c3-c3ccccc3CC2c2ccccc2)cc1. The first kappa shape index (κ1) is 19.4. The molecule has 2 unspecified atom stereocenters. The predicted octanol–water partition coefficient (Wildman–Crippen LogP) is 7.19. The van der Waals surface area contributed by atoms with Crippen LogP contribution in [0.15, 0.2) is 109 Å². The molecule has 5 aromatic rings. The molecule has 7 rings (SSSR count).